The van der Waals surface area contributed by atoms with Gasteiger partial charge >= 0.3 is 0 Å². The van der Waals surface area contributed by atoms with Crippen molar-refractivity contribution < 1.29 is 4.39 Å². The van der Waals surface area contributed by atoms with Crippen molar-refractivity contribution in [1.82, 2.24) is 0 Å². The second kappa shape index (κ2) is 3.01. The summed E-state index contributed by atoms with van der Waals surface area (Å²) in [6.07, 6.45) is 0. The van der Waals surface area contributed by atoms with Gasteiger partial charge in [0, 0.05) is 6.04 Å². The first-order valence-electron chi connectivity index (χ1n) is 3.62. The van der Waals surface area contributed by atoms with Crippen molar-refractivity contribution in [2.45, 2.75) is 19.9 Å². The molecule has 0 saturated heterocycles. The highest BCUT2D eigenvalue weighted by molar-refractivity contribution is 5.25. The predicted octanol–water partition coefficient (Wildman–Crippen LogP) is 2.15. The lowest BCUT2D eigenvalue weighted by Crippen LogP contribution is -2.05. The highest BCUT2D eigenvalue weighted by atomic mass is 19.1. The van der Waals surface area contributed by atoms with Gasteiger partial charge in [0.1, 0.15) is 5.82 Å². The topological polar surface area (TPSA) is 26.0 Å². The highest BCUT2D eigenvalue weighted by Crippen LogP contribution is 2.13. The number of hydrogen-bond acceptors (Lipinski definition) is 1. The van der Waals surface area contributed by atoms with Gasteiger partial charge in [-0.2, -0.15) is 0 Å². The first-order chi connectivity index (χ1) is 5.09. The average molecular weight is 153 g/mol. The molecule has 1 rings (SSSR count). The molecular formula is C9H12FN. The van der Waals surface area contributed by atoms with Gasteiger partial charge in [0.25, 0.3) is 0 Å². The minimum absolute atomic E-state index is 0.0931. The Morgan fingerprint density at radius 3 is 2.45 bits per heavy atom. The van der Waals surface area contributed by atoms with Gasteiger partial charge in [0.15, 0.2) is 0 Å². The molecule has 2 N–H and O–H groups in total. The SMILES string of the molecule is Cc1cc(F)cc([C@H](C)N)c1. The fourth-order valence-electron chi connectivity index (χ4n) is 1.03. The molecule has 0 aliphatic rings. The smallest absolute Gasteiger partial charge is 0.123 e. The Hall–Kier alpha value is -0.890. The summed E-state index contributed by atoms with van der Waals surface area (Å²) in [7, 11) is 0. The lowest BCUT2D eigenvalue weighted by Gasteiger charge is -2.05. The summed E-state index contributed by atoms with van der Waals surface area (Å²) in [6.45, 7) is 3.70. The van der Waals surface area contributed by atoms with E-state index in [2.05, 4.69) is 0 Å². The number of rotatable bonds is 1. The third-order valence-electron chi connectivity index (χ3n) is 1.59. The maximum atomic E-state index is 12.7. The van der Waals surface area contributed by atoms with Crippen LogP contribution < -0.4 is 5.73 Å². The van der Waals surface area contributed by atoms with Crippen LogP contribution in [0.15, 0.2) is 18.2 Å². The fourth-order valence-corrected chi connectivity index (χ4v) is 1.03. The van der Waals surface area contributed by atoms with Gasteiger partial charge in [-0.25, -0.2) is 4.39 Å². The Labute approximate surface area is 66.0 Å². The third-order valence-corrected chi connectivity index (χ3v) is 1.59. The van der Waals surface area contributed by atoms with E-state index in [1.807, 2.05) is 19.9 Å². The summed E-state index contributed by atoms with van der Waals surface area (Å²) in [5.41, 5.74) is 7.35. The van der Waals surface area contributed by atoms with Gasteiger partial charge < -0.3 is 5.73 Å². The summed E-state index contributed by atoms with van der Waals surface area (Å²) in [5.74, 6) is -0.211. The highest BCUT2D eigenvalue weighted by Gasteiger charge is 2.01. The van der Waals surface area contributed by atoms with E-state index in [4.69, 9.17) is 5.73 Å². The van der Waals surface area contributed by atoms with Crippen LogP contribution in [0.1, 0.15) is 24.1 Å². The van der Waals surface area contributed by atoms with Crippen LogP contribution in [0.4, 0.5) is 4.39 Å². The summed E-state index contributed by atoms with van der Waals surface area (Å²) >= 11 is 0. The van der Waals surface area contributed by atoms with Crippen molar-refractivity contribution in [3.8, 4) is 0 Å². The molecule has 60 valence electrons. The second-order valence-electron chi connectivity index (χ2n) is 2.85. The van der Waals surface area contributed by atoms with Crippen molar-refractivity contribution in [2.75, 3.05) is 0 Å². The molecular weight excluding hydrogens is 141 g/mol. The molecule has 1 nitrogen and oxygen atoms in total. The Balaban J connectivity index is 3.08. The van der Waals surface area contributed by atoms with Crippen molar-refractivity contribution in [3.05, 3.63) is 35.1 Å². The van der Waals surface area contributed by atoms with Crippen LogP contribution in [0.25, 0.3) is 0 Å². The van der Waals surface area contributed by atoms with E-state index < -0.39 is 0 Å². The number of hydrogen-bond donors (Lipinski definition) is 1. The normalized spacial score (nSPS) is 13.1. The summed E-state index contributed by atoms with van der Waals surface area (Å²) in [4.78, 5) is 0. The van der Waals surface area contributed by atoms with Crippen LogP contribution in [-0.4, -0.2) is 0 Å². The number of aryl methyl sites for hydroxylation is 1. The Bertz CT molecular complexity index is 235. The summed E-state index contributed by atoms with van der Waals surface area (Å²) < 4.78 is 12.7. The lowest BCUT2D eigenvalue weighted by atomic mass is 10.1. The molecule has 0 bridgehead atoms. The monoisotopic (exact) mass is 153 g/mol. The molecule has 1 atom stereocenters. The molecule has 1 aromatic rings. The maximum absolute atomic E-state index is 12.7. The predicted molar refractivity (Wildman–Crippen MR) is 43.7 cm³/mol. The van der Waals surface area contributed by atoms with Crippen molar-refractivity contribution in [3.63, 3.8) is 0 Å². The van der Waals surface area contributed by atoms with E-state index in [1.54, 1.807) is 0 Å². The summed E-state index contributed by atoms with van der Waals surface area (Å²) in [6, 6.07) is 4.77. The standard InChI is InChI=1S/C9H12FN/c1-6-3-8(7(2)11)5-9(10)4-6/h3-5,7H,11H2,1-2H3/t7-/m0/s1. The van der Waals surface area contributed by atoms with Crippen molar-refractivity contribution in [2.24, 2.45) is 5.73 Å². The Morgan fingerprint density at radius 2 is 2.00 bits per heavy atom. The Kier molecular flexibility index (Phi) is 2.25. The minimum atomic E-state index is -0.211. The first kappa shape index (κ1) is 8.21. The molecule has 1 aromatic carbocycles. The van der Waals surface area contributed by atoms with E-state index in [-0.39, 0.29) is 11.9 Å². The molecule has 0 aromatic heterocycles. The minimum Gasteiger partial charge on any atom is -0.324 e. The van der Waals surface area contributed by atoms with Gasteiger partial charge in [-0.05, 0) is 37.1 Å². The van der Waals surface area contributed by atoms with Crippen LogP contribution in [0, 0.1) is 12.7 Å². The third kappa shape index (κ3) is 2.02. The number of nitrogens with two attached hydrogens (primary N) is 1. The lowest BCUT2D eigenvalue weighted by molar-refractivity contribution is 0.621. The van der Waals surface area contributed by atoms with Crippen molar-refractivity contribution in [1.29, 1.82) is 0 Å². The molecule has 2 heteroatoms. The van der Waals surface area contributed by atoms with Crippen LogP contribution >= 0.6 is 0 Å². The number of benzene rings is 1. The zero-order valence-corrected chi connectivity index (χ0v) is 6.76. The van der Waals surface area contributed by atoms with E-state index in [1.165, 1.54) is 12.1 Å². The van der Waals surface area contributed by atoms with Gasteiger partial charge in [0.2, 0.25) is 0 Å². The molecule has 0 fully saturated rings. The van der Waals surface area contributed by atoms with E-state index in [9.17, 15) is 4.39 Å². The van der Waals surface area contributed by atoms with E-state index in [0.717, 1.165) is 11.1 Å². The molecule has 0 spiro atoms. The van der Waals surface area contributed by atoms with Crippen molar-refractivity contribution >= 4 is 0 Å². The molecule has 0 aliphatic heterocycles. The number of halogens is 1. The molecule has 0 aliphatic carbocycles. The second-order valence-corrected chi connectivity index (χ2v) is 2.85. The van der Waals surface area contributed by atoms with Gasteiger partial charge in [-0.15, -0.1) is 0 Å². The fraction of sp³-hybridized carbons (Fsp3) is 0.333. The average Bonchev–Trinajstić information content (AvgIpc) is 1.85. The van der Waals surface area contributed by atoms with E-state index >= 15 is 0 Å². The van der Waals surface area contributed by atoms with Crippen LogP contribution in [-0.2, 0) is 0 Å². The first-order valence-corrected chi connectivity index (χ1v) is 3.62. The zero-order valence-electron chi connectivity index (χ0n) is 6.76. The van der Waals surface area contributed by atoms with Crippen LogP contribution in [0.2, 0.25) is 0 Å². The zero-order chi connectivity index (χ0) is 8.43. The van der Waals surface area contributed by atoms with Crippen LogP contribution in [0.3, 0.4) is 0 Å². The quantitative estimate of drug-likeness (QED) is 0.657. The maximum Gasteiger partial charge on any atom is 0.123 e. The molecule has 0 amide bonds. The largest absolute Gasteiger partial charge is 0.324 e. The Morgan fingerprint density at radius 1 is 1.36 bits per heavy atom. The molecule has 11 heavy (non-hydrogen) atoms. The van der Waals surface area contributed by atoms with Crippen LogP contribution in [0.5, 0.6) is 0 Å². The molecule has 0 unspecified atom stereocenters. The van der Waals surface area contributed by atoms with Gasteiger partial charge in [0.05, 0.1) is 0 Å². The summed E-state index contributed by atoms with van der Waals surface area (Å²) in [5, 5.41) is 0. The van der Waals surface area contributed by atoms with Gasteiger partial charge in [-0.3, -0.25) is 0 Å². The molecule has 0 heterocycles. The van der Waals surface area contributed by atoms with Gasteiger partial charge in [-0.1, -0.05) is 6.07 Å². The van der Waals surface area contributed by atoms with E-state index in [0.29, 0.717) is 0 Å². The molecule has 0 saturated carbocycles. The molecule has 0 radical (unpaired) electrons.